The molecule has 0 amide bonds. The molecule has 0 unspecified atom stereocenters. The monoisotopic (exact) mass is 320 g/mol. The van der Waals surface area contributed by atoms with Crippen LogP contribution in [0.3, 0.4) is 0 Å². The Hall–Kier alpha value is -0.470. The van der Waals surface area contributed by atoms with Gasteiger partial charge in [-0.1, -0.05) is 0 Å². The van der Waals surface area contributed by atoms with E-state index < -0.39 is 10.0 Å². The Morgan fingerprint density at radius 3 is 2.35 bits per heavy atom. The Morgan fingerprint density at radius 2 is 1.90 bits per heavy atom. The maximum absolute atomic E-state index is 12.1. The molecule has 1 aromatic rings. The molecule has 0 aliphatic carbocycles. The fourth-order valence-corrected chi connectivity index (χ4v) is 4.34. The van der Waals surface area contributed by atoms with Crippen LogP contribution in [0.4, 0.5) is 0 Å². The fourth-order valence-electron chi connectivity index (χ4n) is 2.07. The van der Waals surface area contributed by atoms with Crippen molar-refractivity contribution in [2.45, 2.75) is 50.6 Å². The molecule has 0 bridgehead atoms. The highest BCUT2D eigenvalue weighted by molar-refractivity contribution is 7.91. The minimum Gasteiger partial charge on any atom is -0.392 e. The molecule has 7 heteroatoms. The first-order chi connectivity index (χ1) is 9.27. The van der Waals surface area contributed by atoms with E-state index in [1.807, 2.05) is 0 Å². The zero-order valence-corrected chi connectivity index (χ0v) is 14.1. The molecule has 2 N–H and O–H groups in total. The van der Waals surface area contributed by atoms with Crippen LogP contribution in [0.2, 0.25) is 0 Å². The minimum atomic E-state index is -3.47. The summed E-state index contributed by atoms with van der Waals surface area (Å²) in [6, 6.07) is 2.26. The molecule has 0 saturated heterocycles. The Balaban J connectivity index is 2.60. The van der Waals surface area contributed by atoms with Gasteiger partial charge in [-0.3, -0.25) is 4.90 Å². The molecule has 1 aromatic heterocycles. The second-order valence-electron chi connectivity index (χ2n) is 5.26. The highest BCUT2D eigenvalue weighted by Crippen LogP contribution is 2.19. The molecule has 0 aliphatic rings. The van der Waals surface area contributed by atoms with E-state index in [4.69, 9.17) is 5.11 Å². The number of rotatable bonds is 8. The average molecular weight is 320 g/mol. The molecular weight excluding hydrogens is 296 g/mol. The van der Waals surface area contributed by atoms with E-state index in [2.05, 4.69) is 37.3 Å². The smallest absolute Gasteiger partial charge is 0.250 e. The Morgan fingerprint density at radius 1 is 1.30 bits per heavy atom. The van der Waals surface area contributed by atoms with E-state index in [1.165, 1.54) is 6.07 Å². The number of thiophene rings is 1. The van der Waals surface area contributed by atoms with E-state index in [9.17, 15) is 8.42 Å². The molecule has 0 spiro atoms. The first-order valence-electron chi connectivity index (χ1n) is 6.71. The van der Waals surface area contributed by atoms with Gasteiger partial charge in [0.1, 0.15) is 4.21 Å². The van der Waals surface area contributed by atoms with Crippen LogP contribution in [0, 0.1) is 0 Å². The van der Waals surface area contributed by atoms with Crippen LogP contribution in [-0.2, 0) is 16.6 Å². The Kier molecular flexibility index (Phi) is 6.60. The largest absolute Gasteiger partial charge is 0.392 e. The van der Waals surface area contributed by atoms with Crippen molar-refractivity contribution in [1.82, 2.24) is 9.62 Å². The summed E-state index contributed by atoms with van der Waals surface area (Å²) in [5.41, 5.74) is 0.626. The van der Waals surface area contributed by atoms with Crippen molar-refractivity contribution in [3.63, 3.8) is 0 Å². The topological polar surface area (TPSA) is 69.6 Å². The van der Waals surface area contributed by atoms with Crippen molar-refractivity contribution in [2.24, 2.45) is 0 Å². The van der Waals surface area contributed by atoms with Crippen molar-refractivity contribution in [2.75, 3.05) is 13.1 Å². The van der Waals surface area contributed by atoms with E-state index in [-0.39, 0.29) is 10.8 Å². The highest BCUT2D eigenvalue weighted by atomic mass is 32.2. The van der Waals surface area contributed by atoms with Gasteiger partial charge in [0.05, 0.1) is 6.61 Å². The third kappa shape index (κ3) is 4.82. The summed E-state index contributed by atoms with van der Waals surface area (Å²) in [5, 5.41) is 10.6. The Bertz CT molecular complexity index is 501. The SMILES string of the molecule is CC(C)N(CCNS(=O)(=O)c1cc(CO)cs1)C(C)C. The summed E-state index contributed by atoms with van der Waals surface area (Å²) in [6.07, 6.45) is 0. The number of aliphatic hydroxyl groups excluding tert-OH is 1. The lowest BCUT2D eigenvalue weighted by atomic mass is 10.2. The molecule has 0 radical (unpaired) electrons. The van der Waals surface area contributed by atoms with Crippen molar-refractivity contribution in [1.29, 1.82) is 0 Å². The van der Waals surface area contributed by atoms with Crippen LogP contribution in [-0.4, -0.2) is 43.6 Å². The number of nitrogens with zero attached hydrogens (tertiary/aromatic N) is 1. The highest BCUT2D eigenvalue weighted by Gasteiger charge is 2.18. The predicted molar refractivity (Wildman–Crippen MR) is 82.4 cm³/mol. The van der Waals surface area contributed by atoms with Crippen molar-refractivity contribution in [3.05, 3.63) is 17.0 Å². The van der Waals surface area contributed by atoms with Crippen molar-refractivity contribution >= 4 is 21.4 Å². The maximum Gasteiger partial charge on any atom is 0.250 e. The van der Waals surface area contributed by atoms with Gasteiger partial charge in [-0.05, 0) is 44.7 Å². The maximum atomic E-state index is 12.1. The van der Waals surface area contributed by atoms with Crippen LogP contribution in [0.5, 0.6) is 0 Å². The summed E-state index contributed by atoms with van der Waals surface area (Å²) in [7, 11) is -3.47. The molecule has 0 aromatic carbocycles. The summed E-state index contributed by atoms with van der Waals surface area (Å²) >= 11 is 1.13. The number of sulfonamides is 1. The molecule has 1 rings (SSSR count). The van der Waals surface area contributed by atoms with Gasteiger partial charge in [0.15, 0.2) is 0 Å². The van der Waals surface area contributed by atoms with Crippen LogP contribution in [0.25, 0.3) is 0 Å². The van der Waals surface area contributed by atoms with Gasteiger partial charge < -0.3 is 5.11 Å². The van der Waals surface area contributed by atoms with E-state index in [0.29, 0.717) is 30.7 Å². The molecule has 116 valence electrons. The van der Waals surface area contributed by atoms with Crippen LogP contribution in [0.15, 0.2) is 15.7 Å². The van der Waals surface area contributed by atoms with Crippen LogP contribution < -0.4 is 4.72 Å². The second-order valence-corrected chi connectivity index (χ2v) is 8.16. The van der Waals surface area contributed by atoms with Crippen LogP contribution >= 0.6 is 11.3 Å². The molecule has 1 heterocycles. The summed E-state index contributed by atoms with van der Waals surface area (Å²) in [5.74, 6) is 0. The Labute approximate surface area is 125 Å². The third-order valence-electron chi connectivity index (χ3n) is 3.07. The van der Waals surface area contributed by atoms with Gasteiger partial charge in [0.25, 0.3) is 0 Å². The van der Waals surface area contributed by atoms with Crippen LogP contribution in [0.1, 0.15) is 33.3 Å². The molecule has 0 saturated carbocycles. The lowest BCUT2D eigenvalue weighted by Gasteiger charge is -2.30. The summed E-state index contributed by atoms with van der Waals surface area (Å²) in [4.78, 5) is 2.23. The van der Waals surface area contributed by atoms with Gasteiger partial charge in [-0.15, -0.1) is 11.3 Å². The first kappa shape index (κ1) is 17.6. The van der Waals surface area contributed by atoms with Gasteiger partial charge in [0.2, 0.25) is 10.0 Å². The fraction of sp³-hybridized carbons (Fsp3) is 0.692. The van der Waals surface area contributed by atoms with E-state index in [1.54, 1.807) is 5.38 Å². The first-order valence-corrected chi connectivity index (χ1v) is 9.08. The molecule has 20 heavy (non-hydrogen) atoms. The summed E-state index contributed by atoms with van der Waals surface area (Å²) in [6.45, 7) is 9.31. The number of hydrogen-bond donors (Lipinski definition) is 2. The zero-order valence-electron chi connectivity index (χ0n) is 12.5. The average Bonchev–Trinajstić information content (AvgIpc) is 2.83. The zero-order chi connectivity index (χ0) is 15.3. The molecule has 5 nitrogen and oxygen atoms in total. The summed E-state index contributed by atoms with van der Waals surface area (Å²) < 4.78 is 27.0. The van der Waals surface area contributed by atoms with Crippen molar-refractivity contribution < 1.29 is 13.5 Å². The van der Waals surface area contributed by atoms with E-state index >= 15 is 0 Å². The molecular formula is C13H24N2O3S2. The number of hydrogen-bond acceptors (Lipinski definition) is 5. The number of aliphatic hydroxyl groups is 1. The van der Waals surface area contributed by atoms with Crippen molar-refractivity contribution in [3.8, 4) is 0 Å². The normalized spacial score (nSPS) is 12.8. The van der Waals surface area contributed by atoms with Gasteiger partial charge in [-0.2, -0.15) is 0 Å². The third-order valence-corrected chi connectivity index (χ3v) is 6.02. The van der Waals surface area contributed by atoms with Gasteiger partial charge >= 0.3 is 0 Å². The lowest BCUT2D eigenvalue weighted by molar-refractivity contribution is 0.179. The van der Waals surface area contributed by atoms with Gasteiger partial charge in [0, 0.05) is 25.2 Å². The lowest BCUT2D eigenvalue weighted by Crippen LogP contribution is -2.42. The molecule has 0 aliphatic heterocycles. The minimum absolute atomic E-state index is 0.138. The van der Waals surface area contributed by atoms with E-state index in [0.717, 1.165) is 11.3 Å². The molecule has 0 fully saturated rings. The standard InChI is InChI=1S/C13H24N2O3S2/c1-10(2)15(11(3)4)6-5-14-20(17,18)13-7-12(8-16)9-19-13/h7,9-11,14,16H,5-6,8H2,1-4H3. The predicted octanol–water partition coefficient (Wildman–Crippen LogP) is 1.64. The second kappa shape index (κ2) is 7.51. The quantitative estimate of drug-likeness (QED) is 0.764. The molecule has 0 atom stereocenters. The number of nitrogens with one attached hydrogen (secondary N) is 1. The van der Waals surface area contributed by atoms with Gasteiger partial charge in [-0.25, -0.2) is 13.1 Å².